The Hall–Kier alpha value is -3.93. The zero-order chi connectivity index (χ0) is 19.5. The van der Waals surface area contributed by atoms with Crippen molar-refractivity contribution in [2.45, 2.75) is 6.54 Å². The van der Waals surface area contributed by atoms with Gasteiger partial charge in [-0.05, 0) is 42.0 Å². The molecule has 1 heterocycles. The summed E-state index contributed by atoms with van der Waals surface area (Å²) in [5.74, 6) is -0.197. The van der Waals surface area contributed by atoms with Crippen molar-refractivity contribution in [3.05, 3.63) is 88.6 Å². The molecule has 1 amide bonds. The maximum atomic E-state index is 12.7. The molecule has 0 radical (unpaired) electrons. The second-order valence-corrected chi connectivity index (χ2v) is 6.34. The van der Waals surface area contributed by atoms with Crippen molar-refractivity contribution in [2.24, 2.45) is 5.10 Å². The van der Waals surface area contributed by atoms with Crippen LogP contribution in [0.15, 0.2) is 82.7 Å². The summed E-state index contributed by atoms with van der Waals surface area (Å²) < 4.78 is 1.81. The minimum Gasteiger partial charge on any atom is -0.508 e. The molecule has 1 aromatic heterocycles. The second-order valence-electron chi connectivity index (χ2n) is 6.34. The van der Waals surface area contributed by atoms with Crippen LogP contribution in [-0.2, 0) is 11.3 Å². The summed E-state index contributed by atoms with van der Waals surface area (Å²) in [6.07, 6.45) is 1.46. The zero-order valence-corrected chi connectivity index (χ0v) is 14.9. The summed E-state index contributed by atoms with van der Waals surface area (Å²) in [4.78, 5) is 25.2. The van der Waals surface area contributed by atoms with E-state index in [2.05, 4.69) is 10.5 Å². The number of hydrazone groups is 1. The monoisotopic (exact) mass is 371 g/mol. The van der Waals surface area contributed by atoms with Gasteiger partial charge in [-0.2, -0.15) is 5.10 Å². The van der Waals surface area contributed by atoms with Crippen molar-refractivity contribution in [1.82, 2.24) is 9.99 Å². The minimum absolute atomic E-state index is 0.0126. The molecule has 6 nitrogen and oxygen atoms in total. The molecule has 0 spiro atoms. The van der Waals surface area contributed by atoms with Gasteiger partial charge in [0.1, 0.15) is 12.3 Å². The van der Waals surface area contributed by atoms with Gasteiger partial charge in [-0.25, -0.2) is 5.43 Å². The van der Waals surface area contributed by atoms with E-state index in [1.807, 2.05) is 41.0 Å². The molecule has 6 heteroatoms. The van der Waals surface area contributed by atoms with Crippen LogP contribution in [0.1, 0.15) is 5.56 Å². The largest absolute Gasteiger partial charge is 0.508 e. The molecule has 0 aliphatic rings. The third kappa shape index (κ3) is 3.35. The lowest BCUT2D eigenvalue weighted by Crippen LogP contribution is -2.25. The van der Waals surface area contributed by atoms with Gasteiger partial charge in [-0.15, -0.1) is 0 Å². The Morgan fingerprint density at radius 1 is 0.964 bits per heavy atom. The highest BCUT2D eigenvalue weighted by Crippen LogP contribution is 2.19. The van der Waals surface area contributed by atoms with Crippen LogP contribution in [0.25, 0.3) is 21.8 Å². The van der Waals surface area contributed by atoms with Crippen LogP contribution in [0.2, 0.25) is 0 Å². The van der Waals surface area contributed by atoms with Gasteiger partial charge in [0.25, 0.3) is 5.91 Å². The molecular weight excluding hydrogens is 354 g/mol. The molecule has 28 heavy (non-hydrogen) atoms. The topological polar surface area (TPSA) is 83.7 Å². The predicted octanol–water partition coefficient (Wildman–Crippen LogP) is 3.01. The molecule has 2 N–H and O–H groups in total. The lowest BCUT2D eigenvalue weighted by atomic mass is 10.1. The Labute approximate surface area is 160 Å². The van der Waals surface area contributed by atoms with Crippen molar-refractivity contribution >= 4 is 33.9 Å². The summed E-state index contributed by atoms with van der Waals surface area (Å²) in [6.45, 7) is 0.0126. The number of phenolic OH excluding ortho intramolecular Hbond substituents is 1. The van der Waals surface area contributed by atoms with E-state index in [0.717, 1.165) is 0 Å². The van der Waals surface area contributed by atoms with Gasteiger partial charge in [-0.1, -0.05) is 36.4 Å². The highest BCUT2D eigenvalue weighted by molar-refractivity contribution is 5.95. The number of carbonyl (C=O) groups is 1. The first-order valence-corrected chi connectivity index (χ1v) is 8.75. The van der Waals surface area contributed by atoms with E-state index in [4.69, 9.17) is 0 Å². The number of benzene rings is 3. The van der Waals surface area contributed by atoms with Crippen LogP contribution in [0.5, 0.6) is 5.75 Å². The normalized spacial score (nSPS) is 11.3. The second kappa shape index (κ2) is 7.36. The molecule has 0 aliphatic carbocycles. The SMILES string of the molecule is O=C(Cn1c2ccccc2c(=O)c2ccccc21)NN=Cc1cccc(O)c1. The number of pyridine rings is 1. The molecular formula is C22H17N3O3. The Morgan fingerprint density at radius 2 is 1.61 bits per heavy atom. The maximum Gasteiger partial charge on any atom is 0.260 e. The average Bonchev–Trinajstić information content (AvgIpc) is 2.71. The zero-order valence-electron chi connectivity index (χ0n) is 14.9. The number of fused-ring (bicyclic) bond motifs is 2. The highest BCUT2D eigenvalue weighted by Gasteiger charge is 2.12. The summed E-state index contributed by atoms with van der Waals surface area (Å²) >= 11 is 0. The van der Waals surface area contributed by atoms with Crippen LogP contribution in [0.3, 0.4) is 0 Å². The van der Waals surface area contributed by atoms with Crippen LogP contribution < -0.4 is 10.9 Å². The first-order valence-electron chi connectivity index (χ1n) is 8.75. The fourth-order valence-electron chi connectivity index (χ4n) is 3.21. The summed E-state index contributed by atoms with van der Waals surface area (Å²) in [7, 11) is 0. The molecule has 0 atom stereocenters. The van der Waals surface area contributed by atoms with E-state index in [1.54, 1.807) is 36.4 Å². The van der Waals surface area contributed by atoms with Gasteiger partial charge < -0.3 is 9.67 Å². The van der Waals surface area contributed by atoms with E-state index in [9.17, 15) is 14.7 Å². The number of rotatable bonds is 4. The number of nitrogens with zero attached hydrogens (tertiary/aromatic N) is 2. The van der Waals surface area contributed by atoms with E-state index >= 15 is 0 Å². The number of para-hydroxylation sites is 2. The van der Waals surface area contributed by atoms with E-state index in [-0.39, 0.29) is 23.6 Å². The third-order valence-electron chi connectivity index (χ3n) is 4.45. The van der Waals surface area contributed by atoms with Crippen molar-refractivity contribution in [3.8, 4) is 5.75 Å². The Bertz CT molecular complexity index is 1210. The lowest BCUT2D eigenvalue weighted by molar-refractivity contribution is -0.121. The summed E-state index contributed by atoms with van der Waals surface area (Å²) in [6, 6.07) is 21.0. The smallest absolute Gasteiger partial charge is 0.260 e. The van der Waals surface area contributed by atoms with Gasteiger partial charge in [0.15, 0.2) is 5.43 Å². The number of aromatic hydroxyl groups is 1. The quantitative estimate of drug-likeness (QED) is 0.329. The van der Waals surface area contributed by atoms with Crippen molar-refractivity contribution in [1.29, 1.82) is 0 Å². The van der Waals surface area contributed by atoms with Gasteiger partial charge >= 0.3 is 0 Å². The van der Waals surface area contributed by atoms with Gasteiger partial charge in [0.05, 0.1) is 17.2 Å². The van der Waals surface area contributed by atoms with Crippen molar-refractivity contribution in [3.63, 3.8) is 0 Å². The number of amides is 1. The van der Waals surface area contributed by atoms with E-state index < -0.39 is 0 Å². The molecule has 0 fully saturated rings. The van der Waals surface area contributed by atoms with Crippen LogP contribution >= 0.6 is 0 Å². The molecule has 0 aliphatic heterocycles. The third-order valence-corrected chi connectivity index (χ3v) is 4.45. The number of phenols is 1. The van der Waals surface area contributed by atoms with Crippen molar-refractivity contribution < 1.29 is 9.90 Å². The molecule has 4 rings (SSSR count). The standard InChI is InChI=1S/C22H17N3O3/c26-16-7-5-6-15(12-16)13-23-24-21(27)14-25-19-10-3-1-8-17(19)22(28)18-9-2-4-11-20(18)25/h1-13,26H,14H2,(H,24,27). The van der Waals surface area contributed by atoms with Crippen LogP contribution in [-0.4, -0.2) is 21.8 Å². The Morgan fingerprint density at radius 3 is 2.25 bits per heavy atom. The molecule has 138 valence electrons. The number of nitrogens with one attached hydrogen (secondary N) is 1. The van der Waals surface area contributed by atoms with Crippen LogP contribution in [0, 0.1) is 0 Å². The lowest BCUT2D eigenvalue weighted by Gasteiger charge is -2.14. The molecule has 0 saturated heterocycles. The van der Waals surface area contributed by atoms with Crippen molar-refractivity contribution in [2.75, 3.05) is 0 Å². The molecule has 4 aromatic rings. The summed E-state index contributed by atoms with van der Waals surface area (Å²) in [5, 5.41) is 14.5. The van der Waals surface area contributed by atoms with Gasteiger partial charge in [0.2, 0.25) is 0 Å². The number of hydrogen-bond acceptors (Lipinski definition) is 4. The average molecular weight is 371 g/mol. The molecule has 0 bridgehead atoms. The molecule has 3 aromatic carbocycles. The highest BCUT2D eigenvalue weighted by atomic mass is 16.3. The molecule has 0 saturated carbocycles. The van der Waals surface area contributed by atoms with Gasteiger partial charge in [-0.3, -0.25) is 9.59 Å². The summed E-state index contributed by atoms with van der Waals surface area (Å²) in [5.41, 5.74) is 4.49. The number of aromatic nitrogens is 1. The van der Waals surface area contributed by atoms with Gasteiger partial charge in [0, 0.05) is 10.8 Å². The minimum atomic E-state index is -0.324. The number of hydrogen-bond donors (Lipinski definition) is 2. The Kier molecular flexibility index (Phi) is 4.60. The van der Waals surface area contributed by atoms with E-state index in [1.165, 1.54) is 6.21 Å². The van der Waals surface area contributed by atoms with Crippen LogP contribution in [0.4, 0.5) is 0 Å². The fourth-order valence-corrected chi connectivity index (χ4v) is 3.21. The molecule has 0 unspecified atom stereocenters. The fraction of sp³-hybridized carbons (Fsp3) is 0.0455. The van der Waals surface area contributed by atoms with E-state index in [0.29, 0.717) is 27.4 Å². The Balaban J connectivity index is 1.66. The first-order chi connectivity index (χ1) is 13.6. The predicted molar refractivity (Wildman–Crippen MR) is 110 cm³/mol. The first kappa shape index (κ1) is 17.5. The number of carbonyl (C=O) groups excluding carboxylic acids is 1. The maximum absolute atomic E-state index is 12.7.